The number of halogens is 1. The first kappa shape index (κ1) is 19.5. The molecule has 0 radical (unpaired) electrons. The lowest BCUT2D eigenvalue weighted by Gasteiger charge is -2.30. The van der Waals surface area contributed by atoms with Crippen LogP contribution in [-0.2, 0) is 10.2 Å². The highest BCUT2D eigenvalue weighted by Gasteiger charge is 2.59. The summed E-state index contributed by atoms with van der Waals surface area (Å²) >= 11 is 0. The molecule has 1 aliphatic heterocycles. The zero-order valence-electron chi connectivity index (χ0n) is 16.8. The Balaban J connectivity index is 1.30. The highest BCUT2D eigenvalue weighted by Crippen LogP contribution is 2.51. The SMILES string of the molecule is Cc1ccc(NS(=O)(=O)N2CC23CCC(c2ccnc4ccc(F)cc24)CC3)cc1. The summed E-state index contributed by atoms with van der Waals surface area (Å²) in [6.45, 7) is 2.53. The smallest absolute Gasteiger partial charge is 0.271 e. The van der Waals surface area contributed by atoms with Gasteiger partial charge in [-0.1, -0.05) is 17.7 Å². The fraction of sp³-hybridized carbons (Fsp3) is 0.348. The summed E-state index contributed by atoms with van der Waals surface area (Å²) < 4.78 is 43.8. The Labute approximate surface area is 176 Å². The maximum atomic E-state index is 13.8. The topological polar surface area (TPSA) is 62.1 Å². The van der Waals surface area contributed by atoms with Gasteiger partial charge in [0.2, 0.25) is 0 Å². The summed E-state index contributed by atoms with van der Waals surface area (Å²) in [4.78, 5) is 4.35. The molecule has 1 atom stereocenters. The maximum absolute atomic E-state index is 13.8. The number of anilines is 1. The van der Waals surface area contributed by atoms with Crippen molar-refractivity contribution < 1.29 is 12.8 Å². The third kappa shape index (κ3) is 3.46. The first-order valence-corrected chi connectivity index (χ1v) is 11.7. The normalized spacial score (nSPS) is 26.1. The second-order valence-corrected chi connectivity index (χ2v) is 10.1. The lowest BCUT2D eigenvalue weighted by Crippen LogP contribution is -2.31. The molecule has 1 unspecified atom stereocenters. The van der Waals surface area contributed by atoms with Crippen LogP contribution in [0.1, 0.15) is 42.7 Å². The highest BCUT2D eigenvalue weighted by molar-refractivity contribution is 7.90. The van der Waals surface area contributed by atoms with E-state index in [1.165, 1.54) is 6.07 Å². The van der Waals surface area contributed by atoms with Crippen LogP contribution in [0.2, 0.25) is 0 Å². The number of pyridine rings is 1. The predicted molar refractivity (Wildman–Crippen MR) is 116 cm³/mol. The van der Waals surface area contributed by atoms with Crippen LogP contribution in [0, 0.1) is 12.7 Å². The molecule has 1 saturated carbocycles. The summed E-state index contributed by atoms with van der Waals surface area (Å²) in [5.41, 5.74) is 3.31. The van der Waals surface area contributed by atoms with E-state index in [-0.39, 0.29) is 17.3 Å². The molecule has 2 fully saturated rings. The van der Waals surface area contributed by atoms with Gasteiger partial charge in [0.15, 0.2) is 0 Å². The van der Waals surface area contributed by atoms with Crippen molar-refractivity contribution in [3.05, 3.63) is 71.7 Å². The molecule has 2 heterocycles. The third-order valence-electron chi connectivity index (χ3n) is 6.55. The molecule has 7 heteroatoms. The summed E-state index contributed by atoms with van der Waals surface area (Å²) in [5, 5.41) is 0.861. The first-order valence-electron chi connectivity index (χ1n) is 10.3. The fourth-order valence-corrected chi connectivity index (χ4v) is 6.41. The van der Waals surface area contributed by atoms with Crippen LogP contribution in [0.3, 0.4) is 0 Å². The first-order chi connectivity index (χ1) is 14.4. The van der Waals surface area contributed by atoms with Crippen molar-refractivity contribution in [2.75, 3.05) is 11.3 Å². The zero-order valence-corrected chi connectivity index (χ0v) is 17.6. The lowest BCUT2D eigenvalue weighted by atomic mass is 9.77. The molecular weight excluding hydrogens is 401 g/mol. The number of nitrogens with one attached hydrogen (secondary N) is 1. The average Bonchev–Trinajstić information content (AvgIpc) is 3.44. The Bertz CT molecular complexity index is 1200. The molecule has 0 bridgehead atoms. The van der Waals surface area contributed by atoms with E-state index in [9.17, 15) is 12.8 Å². The van der Waals surface area contributed by atoms with Crippen molar-refractivity contribution >= 4 is 26.8 Å². The Morgan fingerprint density at radius 1 is 1.10 bits per heavy atom. The Hall–Kier alpha value is -2.51. The van der Waals surface area contributed by atoms with E-state index in [1.54, 1.807) is 34.8 Å². The van der Waals surface area contributed by atoms with E-state index in [0.717, 1.165) is 47.7 Å². The molecule has 1 N–H and O–H groups in total. The second-order valence-electron chi connectivity index (χ2n) is 8.54. The Morgan fingerprint density at radius 2 is 1.83 bits per heavy atom. The number of benzene rings is 2. The van der Waals surface area contributed by atoms with Crippen LogP contribution >= 0.6 is 0 Å². The van der Waals surface area contributed by atoms with Crippen molar-refractivity contribution in [2.24, 2.45) is 0 Å². The van der Waals surface area contributed by atoms with Crippen LogP contribution in [-0.4, -0.2) is 29.8 Å². The number of aryl methyl sites for hydroxylation is 1. The molecule has 156 valence electrons. The van der Waals surface area contributed by atoms with Gasteiger partial charge in [-0.25, -0.2) is 4.39 Å². The minimum atomic E-state index is -3.56. The largest absolute Gasteiger partial charge is 0.302 e. The molecule has 2 aliphatic rings. The molecule has 2 aromatic carbocycles. The number of hydrogen-bond donors (Lipinski definition) is 1. The van der Waals surface area contributed by atoms with E-state index in [2.05, 4.69) is 9.71 Å². The van der Waals surface area contributed by atoms with Crippen molar-refractivity contribution in [1.29, 1.82) is 0 Å². The number of fused-ring (bicyclic) bond motifs is 1. The van der Waals surface area contributed by atoms with Crippen LogP contribution in [0.15, 0.2) is 54.7 Å². The van der Waals surface area contributed by atoms with Gasteiger partial charge in [-0.3, -0.25) is 9.71 Å². The van der Waals surface area contributed by atoms with Gasteiger partial charge in [-0.05, 0) is 80.5 Å². The van der Waals surface area contributed by atoms with Crippen molar-refractivity contribution in [2.45, 2.75) is 44.1 Å². The van der Waals surface area contributed by atoms with Crippen molar-refractivity contribution in [3.63, 3.8) is 0 Å². The van der Waals surface area contributed by atoms with Gasteiger partial charge in [0.05, 0.1) is 11.1 Å². The highest BCUT2D eigenvalue weighted by atomic mass is 32.2. The molecule has 1 aromatic heterocycles. The molecule has 1 spiro atoms. The molecule has 5 rings (SSSR count). The minimum Gasteiger partial charge on any atom is -0.271 e. The molecule has 3 aromatic rings. The summed E-state index contributed by atoms with van der Waals surface area (Å²) in [6.07, 6.45) is 5.16. The minimum absolute atomic E-state index is 0.259. The van der Waals surface area contributed by atoms with Crippen LogP contribution in [0.25, 0.3) is 10.9 Å². The summed E-state index contributed by atoms with van der Waals surface area (Å²) in [6, 6.07) is 14.0. The predicted octanol–water partition coefficient (Wildman–Crippen LogP) is 4.75. The number of aromatic nitrogens is 1. The number of hydrogen-bond acceptors (Lipinski definition) is 3. The van der Waals surface area contributed by atoms with Crippen molar-refractivity contribution in [3.8, 4) is 0 Å². The Morgan fingerprint density at radius 3 is 2.57 bits per heavy atom. The standard InChI is InChI=1S/C23H24FN3O2S/c1-16-2-5-19(6-3-16)26-30(28,29)27-15-23(27)11-8-17(9-12-23)20-10-13-25-22-7-4-18(24)14-21(20)22/h2-7,10,13-14,17,26H,8-9,11-12,15H2,1H3. The Kier molecular flexibility index (Phi) is 4.56. The molecule has 30 heavy (non-hydrogen) atoms. The fourth-order valence-electron chi connectivity index (χ4n) is 4.77. The molecule has 0 amide bonds. The van der Waals surface area contributed by atoms with Gasteiger partial charge in [0, 0.05) is 23.8 Å². The number of rotatable bonds is 4. The van der Waals surface area contributed by atoms with Gasteiger partial charge in [-0.2, -0.15) is 12.7 Å². The van der Waals surface area contributed by atoms with E-state index in [0.29, 0.717) is 12.2 Å². The van der Waals surface area contributed by atoms with Gasteiger partial charge >= 0.3 is 10.2 Å². The van der Waals surface area contributed by atoms with Crippen LogP contribution in [0.4, 0.5) is 10.1 Å². The number of nitrogens with zero attached hydrogens (tertiary/aromatic N) is 2. The molecule has 1 aliphatic carbocycles. The molecular formula is C23H24FN3O2S. The van der Waals surface area contributed by atoms with Gasteiger partial charge in [0.1, 0.15) is 5.82 Å². The van der Waals surface area contributed by atoms with Crippen LogP contribution < -0.4 is 4.72 Å². The molecule has 5 nitrogen and oxygen atoms in total. The van der Waals surface area contributed by atoms with Crippen molar-refractivity contribution in [1.82, 2.24) is 9.29 Å². The van der Waals surface area contributed by atoms with E-state index in [1.807, 2.05) is 25.1 Å². The maximum Gasteiger partial charge on any atom is 0.302 e. The summed E-state index contributed by atoms with van der Waals surface area (Å²) in [7, 11) is -3.56. The second kappa shape index (κ2) is 7.03. The van der Waals surface area contributed by atoms with Gasteiger partial charge < -0.3 is 0 Å². The quantitative estimate of drug-likeness (QED) is 0.614. The van der Waals surface area contributed by atoms with E-state index in [4.69, 9.17) is 0 Å². The van der Waals surface area contributed by atoms with Gasteiger partial charge in [-0.15, -0.1) is 0 Å². The average molecular weight is 426 g/mol. The lowest BCUT2D eigenvalue weighted by molar-refractivity contribution is 0.336. The monoisotopic (exact) mass is 425 g/mol. The van der Waals surface area contributed by atoms with E-state index < -0.39 is 10.2 Å². The zero-order chi connectivity index (χ0) is 20.9. The van der Waals surface area contributed by atoms with Gasteiger partial charge in [0.25, 0.3) is 0 Å². The van der Waals surface area contributed by atoms with E-state index >= 15 is 0 Å². The summed E-state index contributed by atoms with van der Waals surface area (Å²) in [5.74, 6) is 0.0313. The van der Waals surface area contributed by atoms with Crippen LogP contribution in [0.5, 0.6) is 0 Å². The molecule has 1 saturated heterocycles. The third-order valence-corrected chi connectivity index (χ3v) is 8.14.